The standard InChI is InChI=1S/C17H29N3O2/c1-3-4-9-18-17(19-10-7-16-6-5-11-22-16)20(2)13-15-8-12-21-14-15/h5-6,11,15H,3-4,7-10,12-14H2,1-2H3,(H,18,19). The molecule has 124 valence electrons. The molecule has 0 aliphatic carbocycles. The molecule has 1 saturated heterocycles. The van der Waals surface area contributed by atoms with E-state index in [0.717, 1.165) is 63.8 Å². The van der Waals surface area contributed by atoms with E-state index >= 15 is 0 Å². The van der Waals surface area contributed by atoms with Crippen molar-refractivity contribution in [2.75, 3.05) is 39.9 Å². The summed E-state index contributed by atoms with van der Waals surface area (Å²) in [5.74, 6) is 2.62. The summed E-state index contributed by atoms with van der Waals surface area (Å²) in [5.41, 5.74) is 0. The van der Waals surface area contributed by atoms with Crippen LogP contribution in [0.4, 0.5) is 0 Å². The predicted octanol–water partition coefficient (Wildman–Crippen LogP) is 2.54. The zero-order valence-electron chi connectivity index (χ0n) is 13.9. The fraction of sp³-hybridized carbons (Fsp3) is 0.706. The molecule has 5 nitrogen and oxygen atoms in total. The van der Waals surface area contributed by atoms with E-state index in [0.29, 0.717) is 5.92 Å². The van der Waals surface area contributed by atoms with E-state index in [2.05, 4.69) is 24.2 Å². The molecule has 5 heteroatoms. The Hall–Kier alpha value is -1.49. The van der Waals surface area contributed by atoms with Crippen molar-refractivity contribution in [2.24, 2.45) is 10.9 Å². The SMILES string of the molecule is CCCCN=C(NCCc1ccco1)N(C)CC1CCOC1. The van der Waals surface area contributed by atoms with Gasteiger partial charge in [0, 0.05) is 45.6 Å². The van der Waals surface area contributed by atoms with Crippen LogP contribution in [0, 0.1) is 5.92 Å². The van der Waals surface area contributed by atoms with Gasteiger partial charge in [0.15, 0.2) is 5.96 Å². The molecule has 1 aromatic rings. The Bertz CT molecular complexity index is 425. The highest BCUT2D eigenvalue weighted by Gasteiger charge is 2.19. The highest BCUT2D eigenvalue weighted by Crippen LogP contribution is 2.13. The number of nitrogens with one attached hydrogen (secondary N) is 1. The van der Waals surface area contributed by atoms with Crippen LogP contribution in [0.1, 0.15) is 31.9 Å². The van der Waals surface area contributed by atoms with Gasteiger partial charge >= 0.3 is 0 Å². The smallest absolute Gasteiger partial charge is 0.193 e. The molecule has 0 radical (unpaired) electrons. The third-order valence-corrected chi connectivity index (χ3v) is 3.93. The number of hydrogen-bond acceptors (Lipinski definition) is 3. The largest absolute Gasteiger partial charge is 0.469 e. The first-order valence-corrected chi connectivity index (χ1v) is 8.39. The summed E-state index contributed by atoms with van der Waals surface area (Å²) in [6.45, 7) is 6.68. The molecule has 0 saturated carbocycles. The number of guanidine groups is 1. The lowest BCUT2D eigenvalue weighted by Gasteiger charge is -2.25. The first-order valence-electron chi connectivity index (χ1n) is 8.39. The average molecular weight is 307 g/mol. The van der Waals surface area contributed by atoms with Crippen molar-refractivity contribution < 1.29 is 9.15 Å². The molecule has 1 aliphatic heterocycles. The quantitative estimate of drug-likeness (QED) is 0.455. The van der Waals surface area contributed by atoms with Crippen molar-refractivity contribution in [1.29, 1.82) is 0 Å². The first-order chi connectivity index (χ1) is 10.8. The van der Waals surface area contributed by atoms with Crippen molar-refractivity contribution in [3.05, 3.63) is 24.2 Å². The summed E-state index contributed by atoms with van der Waals surface area (Å²) in [4.78, 5) is 6.97. The van der Waals surface area contributed by atoms with Gasteiger partial charge in [0.1, 0.15) is 5.76 Å². The van der Waals surface area contributed by atoms with Gasteiger partial charge < -0.3 is 19.4 Å². The third kappa shape index (κ3) is 5.72. The topological polar surface area (TPSA) is 50.0 Å². The van der Waals surface area contributed by atoms with Gasteiger partial charge in [0.05, 0.1) is 12.9 Å². The summed E-state index contributed by atoms with van der Waals surface area (Å²) in [5, 5.41) is 3.47. The van der Waals surface area contributed by atoms with Gasteiger partial charge in [-0.1, -0.05) is 13.3 Å². The number of unbranched alkanes of at least 4 members (excludes halogenated alkanes) is 1. The number of furan rings is 1. The van der Waals surface area contributed by atoms with Crippen LogP contribution < -0.4 is 5.32 Å². The summed E-state index contributed by atoms with van der Waals surface area (Å²) in [7, 11) is 2.11. The number of aliphatic imine (C=N–C) groups is 1. The molecule has 0 aromatic carbocycles. The van der Waals surface area contributed by atoms with Gasteiger partial charge in [-0.3, -0.25) is 4.99 Å². The second-order valence-electron chi connectivity index (χ2n) is 5.93. The Morgan fingerprint density at radius 3 is 3.09 bits per heavy atom. The molecule has 0 spiro atoms. The van der Waals surface area contributed by atoms with E-state index in [1.54, 1.807) is 6.26 Å². The molecule has 1 fully saturated rings. The Morgan fingerprint density at radius 2 is 2.41 bits per heavy atom. The summed E-state index contributed by atoms with van der Waals surface area (Å²) in [6.07, 6.45) is 6.05. The number of nitrogens with zero attached hydrogens (tertiary/aromatic N) is 2. The minimum atomic E-state index is 0.619. The van der Waals surface area contributed by atoms with E-state index in [1.807, 2.05) is 12.1 Å². The molecule has 1 aromatic heterocycles. The van der Waals surface area contributed by atoms with Gasteiger partial charge in [-0.15, -0.1) is 0 Å². The first kappa shape index (κ1) is 16.9. The molecule has 1 N–H and O–H groups in total. The van der Waals surface area contributed by atoms with Crippen LogP contribution >= 0.6 is 0 Å². The van der Waals surface area contributed by atoms with Crippen molar-refractivity contribution in [2.45, 2.75) is 32.6 Å². The number of hydrogen-bond donors (Lipinski definition) is 1. The molecule has 1 atom stereocenters. The number of rotatable bonds is 8. The molecule has 22 heavy (non-hydrogen) atoms. The second kappa shape index (κ2) is 9.51. The highest BCUT2D eigenvalue weighted by atomic mass is 16.5. The minimum Gasteiger partial charge on any atom is -0.469 e. The maximum Gasteiger partial charge on any atom is 0.193 e. The second-order valence-corrected chi connectivity index (χ2v) is 5.93. The normalized spacial score (nSPS) is 18.6. The Kier molecular flexibility index (Phi) is 7.30. The lowest BCUT2D eigenvalue weighted by molar-refractivity contribution is 0.181. The Balaban J connectivity index is 1.82. The van der Waals surface area contributed by atoms with Crippen molar-refractivity contribution in [3.63, 3.8) is 0 Å². The summed E-state index contributed by atoms with van der Waals surface area (Å²) in [6, 6.07) is 3.94. The zero-order valence-corrected chi connectivity index (χ0v) is 13.9. The maximum atomic E-state index is 5.47. The summed E-state index contributed by atoms with van der Waals surface area (Å²) < 4.78 is 10.8. The van der Waals surface area contributed by atoms with Gasteiger partial charge in [0.2, 0.25) is 0 Å². The molecule has 0 amide bonds. The lowest BCUT2D eigenvalue weighted by atomic mass is 10.1. The summed E-state index contributed by atoms with van der Waals surface area (Å²) >= 11 is 0. The van der Waals surface area contributed by atoms with Crippen LogP contribution in [0.3, 0.4) is 0 Å². The molecule has 1 unspecified atom stereocenters. The van der Waals surface area contributed by atoms with E-state index in [9.17, 15) is 0 Å². The molecular formula is C17H29N3O2. The monoisotopic (exact) mass is 307 g/mol. The molecular weight excluding hydrogens is 278 g/mol. The van der Waals surface area contributed by atoms with Crippen LogP contribution in [0.15, 0.2) is 27.8 Å². The average Bonchev–Trinajstić information content (AvgIpc) is 3.19. The predicted molar refractivity (Wildman–Crippen MR) is 89.2 cm³/mol. The van der Waals surface area contributed by atoms with Crippen LogP contribution in [-0.4, -0.2) is 50.8 Å². The maximum absolute atomic E-state index is 5.47. The third-order valence-electron chi connectivity index (χ3n) is 3.93. The minimum absolute atomic E-state index is 0.619. The molecule has 1 aliphatic rings. The van der Waals surface area contributed by atoms with Gasteiger partial charge in [-0.25, -0.2) is 0 Å². The van der Waals surface area contributed by atoms with Crippen molar-refractivity contribution in [3.8, 4) is 0 Å². The lowest BCUT2D eigenvalue weighted by Crippen LogP contribution is -2.42. The van der Waals surface area contributed by atoms with E-state index in [4.69, 9.17) is 14.1 Å². The van der Waals surface area contributed by atoms with E-state index < -0.39 is 0 Å². The fourth-order valence-electron chi connectivity index (χ4n) is 2.61. The number of ether oxygens (including phenoxy) is 1. The van der Waals surface area contributed by atoms with Gasteiger partial charge in [-0.2, -0.15) is 0 Å². The molecule has 0 bridgehead atoms. The highest BCUT2D eigenvalue weighted by molar-refractivity contribution is 5.79. The van der Waals surface area contributed by atoms with Gasteiger partial charge in [0.25, 0.3) is 0 Å². The van der Waals surface area contributed by atoms with Crippen molar-refractivity contribution in [1.82, 2.24) is 10.2 Å². The fourth-order valence-corrected chi connectivity index (χ4v) is 2.61. The van der Waals surface area contributed by atoms with Crippen LogP contribution in [0.5, 0.6) is 0 Å². The van der Waals surface area contributed by atoms with E-state index in [-0.39, 0.29) is 0 Å². The Labute approximate surface area is 133 Å². The van der Waals surface area contributed by atoms with E-state index in [1.165, 1.54) is 6.42 Å². The molecule has 2 rings (SSSR count). The van der Waals surface area contributed by atoms with Crippen molar-refractivity contribution >= 4 is 5.96 Å². The Morgan fingerprint density at radius 1 is 1.50 bits per heavy atom. The van der Waals surface area contributed by atoms with Gasteiger partial charge in [-0.05, 0) is 25.0 Å². The zero-order chi connectivity index (χ0) is 15.6. The van der Waals surface area contributed by atoms with Crippen LogP contribution in [0.25, 0.3) is 0 Å². The molecule has 2 heterocycles. The van der Waals surface area contributed by atoms with Crippen LogP contribution in [0.2, 0.25) is 0 Å². The van der Waals surface area contributed by atoms with Crippen LogP contribution in [-0.2, 0) is 11.2 Å².